The number of halogens is 1. The molecule has 0 saturated heterocycles. The number of rotatable bonds is 9. The summed E-state index contributed by atoms with van der Waals surface area (Å²) in [6.07, 6.45) is 6.44. The molecule has 1 amide bonds. The molecule has 3 rings (SSSR count). The number of carbonyl (C=O) groups excluding carboxylic acids is 1. The van der Waals surface area contributed by atoms with E-state index in [1.807, 2.05) is 7.05 Å². The summed E-state index contributed by atoms with van der Waals surface area (Å²) in [7, 11) is 1.89. The van der Waals surface area contributed by atoms with Crippen LogP contribution in [0.3, 0.4) is 0 Å². The number of carbonyl (C=O) groups is 1. The van der Waals surface area contributed by atoms with E-state index in [9.17, 15) is 9.18 Å². The van der Waals surface area contributed by atoms with Crippen LogP contribution in [-0.2, 0) is 0 Å². The molecule has 0 spiro atoms. The van der Waals surface area contributed by atoms with E-state index in [0.29, 0.717) is 11.4 Å². The zero-order chi connectivity index (χ0) is 22.2. The predicted molar refractivity (Wildman–Crippen MR) is 122 cm³/mol. The number of aromatic nitrogens is 1. The van der Waals surface area contributed by atoms with Crippen LogP contribution in [0.4, 0.5) is 27.4 Å². The molecule has 1 aromatic carbocycles. The van der Waals surface area contributed by atoms with Gasteiger partial charge in [0, 0.05) is 24.0 Å². The molecule has 9 nitrogen and oxygen atoms in total. The van der Waals surface area contributed by atoms with Crippen molar-refractivity contribution in [1.29, 1.82) is 5.41 Å². The first kappa shape index (κ1) is 22.2. The number of anilines is 4. The Morgan fingerprint density at radius 3 is 2.68 bits per heavy atom. The molecule has 1 aromatic heterocycles. The van der Waals surface area contributed by atoms with Crippen LogP contribution in [0.2, 0.25) is 0 Å². The molecule has 0 bridgehead atoms. The standard InChI is InChI=1S/C21H27FN8O/c1-25-17-7-2-3-8-18(17)28-21-16(22)12-15(19(24)31)20(29-21)27-13-5-4-6-14(11-13)30-26-10-9-23/h4-6,9-12,17-18,23,25,30H,2-3,7-8H2,1H3,(H2,24,31)(H2,27,28,29)/b23-9?,26-10-/t17?,18-/m1/s1. The number of primary amides is 1. The quantitative estimate of drug-likeness (QED) is 0.269. The normalized spacial score (nSPS) is 18.5. The SMILES string of the molecule is CNC1CCCC[C@H]1Nc1nc(Nc2cccc(N/N=C\C=N)c2)c(C(N)=O)cc1F. The van der Waals surface area contributed by atoms with E-state index in [1.54, 1.807) is 24.3 Å². The van der Waals surface area contributed by atoms with Crippen LogP contribution in [0, 0.1) is 11.2 Å². The summed E-state index contributed by atoms with van der Waals surface area (Å²) in [6, 6.07) is 8.42. The van der Waals surface area contributed by atoms with E-state index in [-0.39, 0.29) is 29.3 Å². The van der Waals surface area contributed by atoms with E-state index in [1.165, 1.54) is 6.21 Å². The average molecular weight is 427 g/mol. The van der Waals surface area contributed by atoms with Crippen LogP contribution in [0.15, 0.2) is 35.4 Å². The molecule has 0 aliphatic heterocycles. The summed E-state index contributed by atoms with van der Waals surface area (Å²) in [6.45, 7) is 0. The Morgan fingerprint density at radius 1 is 1.23 bits per heavy atom. The van der Waals surface area contributed by atoms with E-state index in [4.69, 9.17) is 11.1 Å². The Bertz CT molecular complexity index is 964. The summed E-state index contributed by atoms with van der Waals surface area (Å²) < 4.78 is 14.7. The third kappa shape index (κ3) is 5.76. The minimum Gasteiger partial charge on any atom is -0.365 e. The predicted octanol–water partition coefficient (Wildman–Crippen LogP) is 3.05. The van der Waals surface area contributed by atoms with Gasteiger partial charge in [-0.15, -0.1) is 0 Å². The number of hydrazone groups is 1. The van der Waals surface area contributed by atoms with Crippen molar-refractivity contribution >= 4 is 41.3 Å². The highest BCUT2D eigenvalue weighted by molar-refractivity contribution is 6.14. The lowest BCUT2D eigenvalue weighted by Crippen LogP contribution is -2.45. The highest BCUT2D eigenvalue weighted by atomic mass is 19.1. The molecule has 2 atom stereocenters. The average Bonchev–Trinajstić information content (AvgIpc) is 2.76. The third-order valence-electron chi connectivity index (χ3n) is 5.17. The number of benzene rings is 1. The lowest BCUT2D eigenvalue weighted by atomic mass is 9.90. The maximum Gasteiger partial charge on any atom is 0.252 e. The van der Waals surface area contributed by atoms with E-state index >= 15 is 0 Å². The van der Waals surface area contributed by atoms with Crippen molar-refractivity contribution < 1.29 is 9.18 Å². The number of nitrogens with two attached hydrogens (primary N) is 1. The molecule has 1 heterocycles. The molecule has 10 heteroatoms. The van der Waals surface area contributed by atoms with Crippen molar-refractivity contribution in [2.24, 2.45) is 10.8 Å². The minimum atomic E-state index is -0.781. The second-order valence-corrected chi connectivity index (χ2v) is 7.27. The minimum absolute atomic E-state index is 0.0345. The molecule has 1 aliphatic carbocycles. The number of nitrogens with one attached hydrogen (secondary N) is 5. The highest BCUT2D eigenvalue weighted by Crippen LogP contribution is 2.28. The van der Waals surface area contributed by atoms with Crippen LogP contribution >= 0.6 is 0 Å². The highest BCUT2D eigenvalue weighted by Gasteiger charge is 2.26. The Balaban J connectivity index is 1.87. The van der Waals surface area contributed by atoms with Gasteiger partial charge in [-0.3, -0.25) is 10.2 Å². The zero-order valence-electron chi connectivity index (χ0n) is 17.3. The van der Waals surface area contributed by atoms with Crippen LogP contribution < -0.4 is 27.1 Å². The molecule has 164 valence electrons. The number of nitrogens with zero attached hydrogens (tertiary/aromatic N) is 2. The molecule has 1 saturated carbocycles. The Labute approximate surface area is 180 Å². The molecule has 31 heavy (non-hydrogen) atoms. The van der Waals surface area contributed by atoms with Gasteiger partial charge in [0.05, 0.1) is 17.5 Å². The largest absolute Gasteiger partial charge is 0.365 e. The number of amides is 1. The number of likely N-dealkylation sites (N-methyl/N-ethyl adjacent to an activating group) is 1. The lowest BCUT2D eigenvalue weighted by Gasteiger charge is -2.32. The van der Waals surface area contributed by atoms with Gasteiger partial charge in [0.15, 0.2) is 11.6 Å². The fourth-order valence-corrected chi connectivity index (χ4v) is 3.65. The summed E-state index contributed by atoms with van der Waals surface area (Å²) >= 11 is 0. The number of hydrogen-bond acceptors (Lipinski definition) is 8. The van der Waals surface area contributed by atoms with E-state index < -0.39 is 11.7 Å². The summed E-state index contributed by atoms with van der Waals surface area (Å²) in [5.74, 6) is -1.18. The van der Waals surface area contributed by atoms with Gasteiger partial charge in [-0.05, 0) is 44.2 Å². The topological polar surface area (TPSA) is 140 Å². The van der Waals surface area contributed by atoms with Gasteiger partial charge in [0.1, 0.15) is 5.82 Å². The van der Waals surface area contributed by atoms with Crippen molar-refractivity contribution in [1.82, 2.24) is 10.3 Å². The fraction of sp³-hybridized carbons (Fsp3) is 0.333. The zero-order valence-corrected chi connectivity index (χ0v) is 17.3. The maximum absolute atomic E-state index is 14.7. The number of hydrogen-bond donors (Lipinski definition) is 6. The first-order chi connectivity index (χ1) is 15.0. The molecule has 1 fully saturated rings. The van der Waals surface area contributed by atoms with Crippen molar-refractivity contribution in [3.63, 3.8) is 0 Å². The van der Waals surface area contributed by atoms with Gasteiger partial charge < -0.3 is 27.1 Å². The van der Waals surface area contributed by atoms with Crippen LogP contribution in [0.25, 0.3) is 0 Å². The van der Waals surface area contributed by atoms with Crippen molar-refractivity contribution in [3.05, 3.63) is 41.7 Å². The van der Waals surface area contributed by atoms with Crippen molar-refractivity contribution in [3.8, 4) is 0 Å². The first-order valence-corrected chi connectivity index (χ1v) is 10.1. The second kappa shape index (κ2) is 10.5. The molecule has 2 aromatic rings. The summed E-state index contributed by atoms with van der Waals surface area (Å²) in [5, 5.41) is 20.3. The van der Waals surface area contributed by atoms with Gasteiger partial charge in [0.2, 0.25) is 0 Å². The summed E-state index contributed by atoms with van der Waals surface area (Å²) in [5.41, 5.74) is 9.46. The first-order valence-electron chi connectivity index (χ1n) is 10.1. The second-order valence-electron chi connectivity index (χ2n) is 7.27. The lowest BCUT2D eigenvalue weighted by molar-refractivity contribution is 0.100. The molecular formula is C21H27FN8O. The fourth-order valence-electron chi connectivity index (χ4n) is 3.65. The summed E-state index contributed by atoms with van der Waals surface area (Å²) in [4.78, 5) is 16.2. The van der Waals surface area contributed by atoms with Crippen molar-refractivity contribution in [2.75, 3.05) is 23.1 Å². The molecule has 1 aliphatic rings. The Kier molecular flexibility index (Phi) is 7.50. The maximum atomic E-state index is 14.7. The Morgan fingerprint density at radius 2 is 1.97 bits per heavy atom. The Hall–Kier alpha value is -3.53. The monoisotopic (exact) mass is 426 g/mol. The smallest absolute Gasteiger partial charge is 0.252 e. The van der Waals surface area contributed by atoms with Crippen molar-refractivity contribution in [2.45, 2.75) is 37.8 Å². The molecule has 1 unspecified atom stereocenters. The molecule has 7 N–H and O–H groups in total. The van der Waals surface area contributed by atoms with E-state index in [0.717, 1.165) is 38.0 Å². The van der Waals surface area contributed by atoms with Gasteiger partial charge >= 0.3 is 0 Å². The van der Waals surface area contributed by atoms with Crippen LogP contribution in [-0.4, -0.2) is 42.5 Å². The van der Waals surface area contributed by atoms with Gasteiger partial charge in [-0.25, -0.2) is 9.37 Å². The van der Waals surface area contributed by atoms with Crippen LogP contribution in [0.1, 0.15) is 36.0 Å². The van der Waals surface area contributed by atoms with Gasteiger partial charge in [0.25, 0.3) is 5.91 Å². The van der Waals surface area contributed by atoms with Gasteiger partial charge in [-0.2, -0.15) is 5.10 Å². The molecular weight excluding hydrogens is 399 g/mol. The van der Waals surface area contributed by atoms with E-state index in [2.05, 4.69) is 31.5 Å². The number of pyridine rings is 1. The van der Waals surface area contributed by atoms with Gasteiger partial charge in [-0.1, -0.05) is 18.9 Å². The van der Waals surface area contributed by atoms with Crippen LogP contribution in [0.5, 0.6) is 0 Å². The molecule has 0 radical (unpaired) electrons. The third-order valence-corrected chi connectivity index (χ3v) is 5.17.